The van der Waals surface area contributed by atoms with Crippen molar-refractivity contribution in [3.63, 3.8) is 0 Å². The number of amides is 1. The average molecular weight is 369 g/mol. The van der Waals surface area contributed by atoms with Crippen LogP contribution in [-0.2, 0) is 22.3 Å². The number of carbonyl (C=O) groups is 1. The van der Waals surface area contributed by atoms with Crippen molar-refractivity contribution in [2.24, 2.45) is 0 Å². The van der Waals surface area contributed by atoms with Gasteiger partial charge in [0.15, 0.2) is 5.82 Å². The maximum absolute atomic E-state index is 12.6. The van der Waals surface area contributed by atoms with Crippen LogP contribution in [0.2, 0.25) is 0 Å². The summed E-state index contributed by atoms with van der Waals surface area (Å²) in [6.07, 6.45) is 1.22. The van der Waals surface area contributed by atoms with Crippen molar-refractivity contribution in [1.82, 2.24) is 25.2 Å². The molecule has 0 radical (unpaired) electrons. The minimum Gasteiger partial charge on any atom is -0.342 e. The highest BCUT2D eigenvalue weighted by Gasteiger charge is 2.31. The van der Waals surface area contributed by atoms with Gasteiger partial charge in [0.1, 0.15) is 6.54 Å². The molecule has 1 aromatic carbocycles. The summed E-state index contributed by atoms with van der Waals surface area (Å²) in [5, 5.41) is 11.5. The van der Waals surface area contributed by atoms with Crippen LogP contribution in [0.5, 0.6) is 0 Å². The van der Waals surface area contributed by atoms with Crippen molar-refractivity contribution < 1.29 is 9.32 Å². The van der Waals surface area contributed by atoms with Crippen molar-refractivity contribution in [1.29, 1.82) is 0 Å². The third-order valence-electron chi connectivity index (χ3n) is 4.13. The average Bonchev–Trinajstić information content (AvgIpc) is 3.09. The molecule has 0 saturated heterocycles. The molecule has 8 nitrogen and oxygen atoms in total. The lowest BCUT2D eigenvalue weighted by atomic mass is 9.97. The highest BCUT2D eigenvalue weighted by Crippen LogP contribution is 2.24. The SMILES string of the molecule is CC(C)(C)c1nc(C(C)(C)NC(=O)Cn2ncc(=O)c3ccccc32)no1. The first-order valence-corrected chi connectivity index (χ1v) is 8.68. The summed E-state index contributed by atoms with van der Waals surface area (Å²) < 4.78 is 6.82. The Morgan fingerprint density at radius 2 is 1.89 bits per heavy atom. The summed E-state index contributed by atoms with van der Waals surface area (Å²) in [7, 11) is 0. The Morgan fingerprint density at radius 1 is 1.19 bits per heavy atom. The van der Waals surface area contributed by atoms with E-state index in [2.05, 4.69) is 20.6 Å². The van der Waals surface area contributed by atoms with Crippen LogP contribution in [0.3, 0.4) is 0 Å². The molecular formula is C19H23N5O3. The van der Waals surface area contributed by atoms with Crippen molar-refractivity contribution in [3.8, 4) is 0 Å². The number of para-hydroxylation sites is 1. The van der Waals surface area contributed by atoms with E-state index in [4.69, 9.17) is 4.52 Å². The molecule has 0 aliphatic heterocycles. The van der Waals surface area contributed by atoms with Crippen molar-refractivity contribution in [2.45, 2.75) is 52.1 Å². The predicted molar refractivity (Wildman–Crippen MR) is 100 cm³/mol. The summed E-state index contributed by atoms with van der Waals surface area (Å²) >= 11 is 0. The second-order valence-corrected chi connectivity index (χ2v) is 8.03. The number of aromatic nitrogens is 4. The molecular weight excluding hydrogens is 346 g/mol. The van der Waals surface area contributed by atoms with Crippen LogP contribution in [0.25, 0.3) is 10.9 Å². The number of rotatable bonds is 4. The third-order valence-corrected chi connectivity index (χ3v) is 4.13. The van der Waals surface area contributed by atoms with Crippen LogP contribution in [0.4, 0.5) is 0 Å². The first-order valence-electron chi connectivity index (χ1n) is 8.68. The van der Waals surface area contributed by atoms with Gasteiger partial charge in [0.05, 0.1) is 17.3 Å². The Labute approximate surface area is 156 Å². The molecule has 2 heterocycles. The maximum atomic E-state index is 12.6. The molecule has 1 N–H and O–H groups in total. The fourth-order valence-electron chi connectivity index (χ4n) is 2.65. The summed E-state index contributed by atoms with van der Waals surface area (Å²) in [5.74, 6) is 0.634. The molecule has 3 rings (SSSR count). The number of carbonyl (C=O) groups excluding carboxylic acids is 1. The van der Waals surface area contributed by atoms with E-state index in [0.717, 1.165) is 0 Å². The zero-order valence-corrected chi connectivity index (χ0v) is 16.1. The van der Waals surface area contributed by atoms with Gasteiger partial charge in [-0.1, -0.05) is 38.1 Å². The lowest BCUT2D eigenvalue weighted by molar-refractivity contribution is -0.123. The molecule has 27 heavy (non-hydrogen) atoms. The molecule has 0 atom stereocenters. The van der Waals surface area contributed by atoms with Gasteiger partial charge < -0.3 is 9.84 Å². The van der Waals surface area contributed by atoms with Gasteiger partial charge in [-0.15, -0.1) is 0 Å². The highest BCUT2D eigenvalue weighted by molar-refractivity contribution is 5.81. The second-order valence-electron chi connectivity index (χ2n) is 8.03. The van der Waals surface area contributed by atoms with Crippen molar-refractivity contribution in [3.05, 3.63) is 52.4 Å². The van der Waals surface area contributed by atoms with Crippen LogP contribution < -0.4 is 10.7 Å². The molecule has 0 saturated carbocycles. The van der Waals surface area contributed by atoms with E-state index >= 15 is 0 Å². The molecule has 0 aliphatic rings. The minimum atomic E-state index is -0.821. The van der Waals surface area contributed by atoms with E-state index in [1.807, 2.05) is 20.8 Å². The summed E-state index contributed by atoms with van der Waals surface area (Å²) in [5.41, 5.74) is -0.667. The van der Waals surface area contributed by atoms with Gasteiger partial charge in [0, 0.05) is 10.8 Å². The molecule has 0 aliphatic carbocycles. The van der Waals surface area contributed by atoms with E-state index in [1.54, 1.807) is 38.1 Å². The first kappa shape index (κ1) is 18.8. The van der Waals surface area contributed by atoms with Gasteiger partial charge in [0.2, 0.25) is 17.2 Å². The maximum Gasteiger partial charge on any atom is 0.242 e. The van der Waals surface area contributed by atoms with Gasteiger partial charge in [-0.05, 0) is 26.0 Å². The van der Waals surface area contributed by atoms with Gasteiger partial charge in [-0.2, -0.15) is 10.1 Å². The fraction of sp³-hybridized carbons (Fsp3) is 0.421. The number of nitrogens with one attached hydrogen (secondary N) is 1. The quantitative estimate of drug-likeness (QED) is 0.756. The summed E-state index contributed by atoms with van der Waals surface area (Å²) in [6, 6.07) is 7.05. The monoisotopic (exact) mass is 369 g/mol. The third kappa shape index (κ3) is 3.89. The van der Waals surface area contributed by atoms with Crippen LogP contribution >= 0.6 is 0 Å². The molecule has 142 valence electrons. The lowest BCUT2D eigenvalue weighted by Gasteiger charge is -2.23. The van der Waals surface area contributed by atoms with Gasteiger partial charge >= 0.3 is 0 Å². The molecule has 8 heteroatoms. The molecule has 2 aromatic heterocycles. The topological polar surface area (TPSA) is 103 Å². The minimum absolute atomic E-state index is 0.0335. The summed E-state index contributed by atoms with van der Waals surface area (Å²) in [4.78, 5) is 28.9. The standard InChI is InChI=1S/C19H23N5O3/c1-18(2,3)17-21-16(23-27-17)19(4,5)22-15(26)11-24-13-9-7-6-8-12(13)14(25)10-20-24/h6-10H,11H2,1-5H3,(H,22,26). The van der Waals surface area contributed by atoms with Crippen LogP contribution in [0.1, 0.15) is 46.3 Å². The van der Waals surface area contributed by atoms with Crippen molar-refractivity contribution in [2.75, 3.05) is 0 Å². The van der Waals surface area contributed by atoms with E-state index < -0.39 is 5.54 Å². The zero-order chi connectivity index (χ0) is 19.8. The lowest BCUT2D eigenvalue weighted by Crippen LogP contribution is -2.43. The zero-order valence-electron chi connectivity index (χ0n) is 16.1. The van der Waals surface area contributed by atoms with Gasteiger partial charge in [0.25, 0.3) is 0 Å². The predicted octanol–water partition coefficient (Wildman–Crippen LogP) is 2.13. The van der Waals surface area contributed by atoms with E-state index in [-0.39, 0.29) is 23.3 Å². The molecule has 1 amide bonds. The molecule has 0 spiro atoms. The number of hydrogen-bond acceptors (Lipinski definition) is 6. The smallest absolute Gasteiger partial charge is 0.242 e. The van der Waals surface area contributed by atoms with Crippen LogP contribution in [-0.4, -0.2) is 25.8 Å². The van der Waals surface area contributed by atoms with Gasteiger partial charge in [-0.3, -0.25) is 14.3 Å². The summed E-state index contributed by atoms with van der Waals surface area (Å²) in [6.45, 7) is 9.50. The van der Waals surface area contributed by atoms with E-state index in [9.17, 15) is 9.59 Å². The second kappa shape index (κ2) is 6.61. The van der Waals surface area contributed by atoms with Crippen molar-refractivity contribution >= 4 is 16.8 Å². The Balaban J connectivity index is 1.80. The normalized spacial score (nSPS) is 12.3. The van der Waals surface area contributed by atoms with E-state index in [1.165, 1.54) is 10.9 Å². The number of benzene rings is 1. The Bertz CT molecular complexity index is 1040. The number of nitrogens with zero attached hydrogens (tertiary/aromatic N) is 4. The highest BCUT2D eigenvalue weighted by atomic mass is 16.5. The molecule has 0 bridgehead atoms. The molecule has 3 aromatic rings. The Morgan fingerprint density at radius 3 is 2.56 bits per heavy atom. The fourth-order valence-corrected chi connectivity index (χ4v) is 2.65. The number of hydrogen-bond donors (Lipinski definition) is 1. The molecule has 0 fully saturated rings. The van der Waals surface area contributed by atoms with Gasteiger partial charge in [-0.25, -0.2) is 0 Å². The van der Waals surface area contributed by atoms with E-state index in [0.29, 0.717) is 22.6 Å². The number of fused-ring (bicyclic) bond motifs is 1. The molecule has 0 unspecified atom stereocenters. The van der Waals surface area contributed by atoms with Crippen LogP contribution in [0, 0.1) is 0 Å². The Kier molecular flexibility index (Phi) is 4.59. The largest absolute Gasteiger partial charge is 0.342 e. The Hall–Kier alpha value is -3.03. The first-order chi connectivity index (χ1) is 12.6. The van der Waals surface area contributed by atoms with Crippen LogP contribution in [0.15, 0.2) is 39.8 Å².